The molecule has 0 fully saturated rings. The van der Waals surface area contributed by atoms with Crippen LogP contribution in [-0.2, 0) is 9.59 Å². The van der Waals surface area contributed by atoms with Gasteiger partial charge in [0.25, 0.3) is 11.7 Å². The molecule has 0 atom stereocenters. The molecule has 1 aromatic carbocycles. The Morgan fingerprint density at radius 3 is 2.58 bits per heavy atom. The number of benzene rings is 1. The van der Waals surface area contributed by atoms with E-state index < -0.39 is 17.5 Å². The standard InChI is InChI=1S/C13H11BrFNO3/c1-6(2)10(17)5-16-11-8(12(18)13(16)19)3-7(15)4-9(11)14/h3-4,6H,5H2,1-2H3. The third kappa shape index (κ3) is 2.32. The van der Waals surface area contributed by atoms with Gasteiger partial charge in [0.1, 0.15) is 5.82 Å². The maximum absolute atomic E-state index is 13.3. The molecular weight excluding hydrogens is 317 g/mol. The summed E-state index contributed by atoms with van der Waals surface area (Å²) in [4.78, 5) is 36.5. The number of carbonyl (C=O) groups is 3. The lowest BCUT2D eigenvalue weighted by atomic mass is 10.1. The first-order valence-corrected chi connectivity index (χ1v) is 6.50. The van der Waals surface area contributed by atoms with Crippen LogP contribution >= 0.6 is 15.9 Å². The summed E-state index contributed by atoms with van der Waals surface area (Å²) in [5, 5.41) is 0. The Morgan fingerprint density at radius 1 is 1.37 bits per heavy atom. The monoisotopic (exact) mass is 327 g/mol. The van der Waals surface area contributed by atoms with E-state index in [4.69, 9.17) is 0 Å². The van der Waals surface area contributed by atoms with E-state index in [0.29, 0.717) is 4.47 Å². The first-order chi connectivity index (χ1) is 8.82. The minimum Gasteiger partial charge on any atom is -0.297 e. The molecule has 1 aliphatic heterocycles. The second kappa shape index (κ2) is 4.85. The SMILES string of the molecule is CC(C)C(=O)CN1C(=O)C(=O)c2cc(F)cc(Br)c21. The Bertz CT molecular complexity index is 598. The average molecular weight is 328 g/mol. The summed E-state index contributed by atoms with van der Waals surface area (Å²) >= 11 is 3.12. The van der Waals surface area contributed by atoms with Crippen LogP contribution in [0.5, 0.6) is 0 Å². The topological polar surface area (TPSA) is 54.5 Å². The molecule has 6 heteroatoms. The van der Waals surface area contributed by atoms with E-state index in [1.807, 2.05) is 0 Å². The van der Waals surface area contributed by atoms with Gasteiger partial charge >= 0.3 is 0 Å². The van der Waals surface area contributed by atoms with Crippen molar-refractivity contribution in [3.63, 3.8) is 0 Å². The van der Waals surface area contributed by atoms with E-state index in [1.165, 1.54) is 0 Å². The van der Waals surface area contributed by atoms with Gasteiger partial charge in [-0.05, 0) is 28.1 Å². The Morgan fingerprint density at radius 2 is 2.00 bits per heavy atom. The summed E-state index contributed by atoms with van der Waals surface area (Å²) in [6.07, 6.45) is 0. The second-order valence-electron chi connectivity index (χ2n) is 4.63. The van der Waals surface area contributed by atoms with Gasteiger partial charge in [0.15, 0.2) is 5.78 Å². The van der Waals surface area contributed by atoms with Crippen molar-refractivity contribution < 1.29 is 18.8 Å². The van der Waals surface area contributed by atoms with Crippen molar-refractivity contribution >= 4 is 39.1 Å². The summed E-state index contributed by atoms with van der Waals surface area (Å²) in [5.74, 6) is -2.60. The molecule has 0 radical (unpaired) electrons. The predicted molar refractivity (Wildman–Crippen MR) is 70.6 cm³/mol. The minimum atomic E-state index is -0.796. The highest BCUT2D eigenvalue weighted by Crippen LogP contribution is 2.36. The molecule has 1 aliphatic rings. The maximum atomic E-state index is 13.3. The lowest BCUT2D eigenvalue weighted by Gasteiger charge is -2.18. The first kappa shape index (κ1) is 13.9. The summed E-state index contributed by atoms with van der Waals surface area (Å²) in [6, 6.07) is 2.18. The number of hydrogen-bond acceptors (Lipinski definition) is 3. The fraction of sp³-hybridized carbons (Fsp3) is 0.308. The largest absolute Gasteiger partial charge is 0.299 e. The highest BCUT2D eigenvalue weighted by atomic mass is 79.9. The number of Topliss-reactive ketones (excluding diaryl/α,β-unsaturated/α-hetero) is 2. The molecule has 0 N–H and O–H groups in total. The van der Waals surface area contributed by atoms with E-state index in [1.54, 1.807) is 13.8 Å². The molecule has 1 heterocycles. The zero-order valence-electron chi connectivity index (χ0n) is 10.4. The highest BCUT2D eigenvalue weighted by molar-refractivity contribution is 9.10. The fourth-order valence-corrected chi connectivity index (χ4v) is 2.49. The summed E-state index contributed by atoms with van der Waals surface area (Å²) in [7, 11) is 0. The number of nitrogens with zero attached hydrogens (tertiary/aromatic N) is 1. The zero-order valence-corrected chi connectivity index (χ0v) is 12.0. The van der Waals surface area contributed by atoms with Crippen molar-refractivity contribution in [1.29, 1.82) is 0 Å². The molecular formula is C13H11BrFNO3. The number of rotatable bonds is 3. The van der Waals surface area contributed by atoms with Crippen LogP contribution in [-0.4, -0.2) is 24.0 Å². The molecule has 0 spiro atoms. The van der Waals surface area contributed by atoms with Crippen LogP contribution in [0.25, 0.3) is 0 Å². The molecule has 0 saturated carbocycles. The van der Waals surface area contributed by atoms with Gasteiger partial charge in [-0.15, -0.1) is 0 Å². The van der Waals surface area contributed by atoms with Crippen molar-refractivity contribution in [2.45, 2.75) is 13.8 Å². The molecule has 2 rings (SSSR count). The molecule has 1 amide bonds. The molecule has 0 aromatic heterocycles. The summed E-state index contributed by atoms with van der Waals surface area (Å²) in [5.41, 5.74) is 0.263. The highest BCUT2D eigenvalue weighted by Gasteiger charge is 2.38. The van der Waals surface area contributed by atoms with E-state index in [2.05, 4.69) is 15.9 Å². The Balaban J connectivity index is 2.47. The number of hydrogen-bond donors (Lipinski definition) is 0. The molecule has 19 heavy (non-hydrogen) atoms. The van der Waals surface area contributed by atoms with E-state index in [-0.39, 0.29) is 29.5 Å². The van der Waals surface area contributed by atoms with Gasteiger partial charge < -0.3 is 0 Å². The molecule has 0 unspecified atom stereocenters. The van der Waals surface area contributed by atoms with Gasteiger partial charge in [-0.2, -0.15) is 0 Å². The third-order valence-electron chi connectivity index (χ3n) is 2.94. The van der Waals surface area contributed by atoms with E-state index in [0.717, 1.165) is 17.0 Å². The van der Waals surface area contributed by atoms with Crippen LogP contribution in [0.3, 0.4) is 0 Å². The number of ketones is 2. The van der Waals surface area contributed by atoms with Crippen LogP contribution in [0.4, 0.5) is 10.1 Å². The number of amides is 1. The lowest BCUT2D eigenvalue weighted by Crippen LogP contribution is -2.36. The Kier molecular flexibility index (Phi) is 3.54. The smallest absolute Gasteiger partial charge is 0.297 e. The Hall–Kier alpha value is -1.56. The van der Waals surface area contributed by atoms with Crippen LogP contribution in [0, 0.1) is 11.7 Å². The average Bonchev–Trinajstić information content (AvgIpc) is 2.54. The predicted octanol–water partition coefficient (Wildman–Crippen LogP) is 2.34. The summed E-state index contributed by atoms with van der Waals surface area (Å²) < 4.78 is 13.6. The zero-order chi connectivity index (χ0) is 14.3. The molecule has 0 bridgehead atoms. The second-order valence-corrected chi connectivity index (χ2v) is 5.48. The van der Waals surface area contributed by atoms with Gasteiger partial charge in [0, 0.05) is 10.4 Å². The van der Waals surface area contributed by atoms with Crippen LogP contribution in [0.1, 0.15) is 24.2 Å². The van der Waals surface area contributed by atoms with Crippen molar-refractivity contribution in [2.24, 2.45) is 5.92 Å². The molecule has 0 aliphatic carbocycles. The number of halogens is 2. The normalized spacial score (nSPS) is 14.3. The van der Waals surface area contributed by atoms with Gasteiger partial charge in [-0.25, -0.2) is 4.39 Å². The van der Waals surface area contributed by atoms with Gasteiger partial charge in [-0.1, -0.05) is 13.8 Å². The number of carbonyl (C=O) groups excluding carboxylic acids is 3. The van der Waals surface area contributed by atoms with E-state index >= 15 is 0 Å². The van der Waals surface area contributed by atoms with Crippen molar-refractivity contribution in [3.05, 3.63) is 28.0 Å². The minimum absolute atomic E-state index is 0.00608. The number of anilines is 1. The first-order valence-electron chi connectivity index (χ1n) is 5.71. The van der Waals surface area contributed by atoms with Crippen molar-refractivity contribution in [2.75, 3.05) is 11.4 Å². The van der Waals surface area contributed by atoms with Crippen LogP contribution in [0.2, 0.25) is 0 Å². The fourth-order valence-electron chi connectivity index (χ4n) is 1.84. The van der Waals surface area contributed by atoms with Gasteiger partial charge in [0.2, 0.25) is 0 Å². The third-order valence-corrected chi connectivity index (χ3v) is 3.54. The lowest BCUT2D eigenvalue weighted by molar-refractivity contribution is -0.122. The van der Waals surface area contributed by atoms with Gasteiger partial charge in [0.05, 0.1) is 17.8 Å². The van der Waals surface area contributed by atoms with Crippen LogP contribution < -0.4 is 4.90 Å². The summed E-state index contributed by atoms with van der Waals surface area (Å²) in [6.45, 7) is 3.25. The molecule has 100 valence electrons. The molecule has 0 saturated heterocycles. The maximum Gasteiger partial charge on any atom is 0.299 e. The quantitative estimate of drug-likeness (QED) is 0.801. The van der Waals surface area contributed by atoms with E-state index in [9.17, 15) is 18.8 Å². The van der Waals surface area contributed by atoms with Gasteiger partial charge in [-0.3, -0.25) is 19.3 Å². The molecule has 1 aromatic rings. The number of fused-ring (bicyclic) bond motifs is 1. The van der Waals surface area contributed by atoms with Crippen molar-refractivity contribution in [3.8, 4) is 0 Å². The van der Waals surface area contributed by atoms with Crippen molar-refractivity contribution in [1.82, 2.24) is 0 Å². The Labute approximate surface area is 117 Å². The van der Waals surface area contributed by atoms with Crippen LogP contribution in [0.15, 0.2) is 16.6 Å². The molecule has 4 nitrogen and oxygen atoms in total.